The Morgan fingerprint density at radius 3 is 2.95 bits per heavy atom. The fraction of sp³-hybridized carbons (Fsp3) is 0.143. The van der Waals surface area contributed by atoms with Crippen molar-refractivity contribution < 1.29 is 0 Å². The van der Waals surface area contributed by atoms with Gasteiger partial charge in [-0.15, -0.1) is 11.3 Å². The van der Waals surface area contributed by atoms with Gasteiger partial charge < -0.3 is 5.32 Å². The molecule has 0 aliphatic rings. The van der Waals surface area contributed by atoms with E-state index in [2.05, 4.69) is 51.3 Å². The predicted octanol–water partition coefficient (Wildman–Crippen LogP) is 4.55. The molecule has 0 fully saturated rings. The Balaban J connectivity index is 2.33. The zero-order valence-corrected chi connectivity index (χ0v) is 13.0. The molecule has 19 heavy (non-hydrogen) atoms. The summed E-state index contributed by atoms with van der Waals surface area (Å²) in [7, 11) is 0. The molecule has 0 radical (unpaired) electrons. The highest BCUT2D eigenvalue weighted by Gasteiger charge is 2.11. The standard InChI is InChI=1S/C14H14BrN3S/c1-4-6-10(5-2)9(3)18-14-13-11(16-8-17-14)7-12(15)19-13/h4-9H,1-2H2,3H3,(H,16,17,18)/b10-6+. The van der Waals surface area contributed by atoms with E-state index in [-0.39, 0.29) is 6.04 Å². The van der Waals surface area contributed by atoms with Crippen molar-refractivity contribution in [2.45, 2.75) is 13.0 Å². The SMILES string of the molecule is C=C/C=C(\C=C)C(C)Nc1ncnc2cc(Br)sc12. The molecule has 0 aliphatic heterocycles. The number of nitrogens with zero attached hydrogens (tertiary/aromatic N) is 2. The van der Waals surface area contributed by atoms with Crippen LogP contribution in [0.1, 0.15) is 6.92 Å². The lowest BCUT2D eigenvalue weighted by Gasteiger charge is -2.15. The van der Waals surface area contributed by atoms with Crippen molar-refractivity contribution in [3.63, 3.8) is 0 Å². The highest BCUT2D eigenvalue weighted by atomic mass is 79.9. The summed E-state index contributed by atoms with van der Waals surface area (Å²) in [6.07, 6.45) is 7.09. The molecule has 0 spiro atoms. The Morgan fingerprint density at radius 1 is 1.47 bits per heavy atom. The van der Waals surface area contributed by atoms with Crippen LogP contribution in [0.3, 0.4) is 0 Å². The second-order valence-corrected chi connectivity index (χ2v) is 6.39. The molecule has 1 unspecified atom stereocenters. The monoisotopic (exact) mass is 335 g/mol. The van der Waals surface area contributed by atoms with Crippen LogP contribution in [0.4, 0.5) is 5.82 Å². The molecule has 5 heteroatoms. The van der Waals surface area contributed by atoms with Gasteiger partial charge in [-0.2, -0.15) is 0 Å². The van der Waals surface area contributed by atoms with E-state index in [0.717, 1.165) is 25.4 Å². The van der Waals surface area contributed by atoms with Crippen molar-refractivity contribution in [1.82, 2.24) is 9.97 Å². The molecule has 2 aromatic rings. The number of hydrogen-bond acceptors (Lipinski definition) is 4. The van der Waals surface area contributed by atoms with Crippen molar-refractivity contribution in [2.75, 3.05) is 5.32 Å². The van der Waals surface area contributed by atoms with Gasteiger partial charge in [0, 0.05) is 6.04 Å². The van der Waals surface area contributed by atoms with Crippen LogP contribution >= 0.6 is 27.3 Å². The van der Waals surface area contributed by atoms with E-state index in [9.17, 15) is 0 Å². The molecule has 0 aromatic carbocycles. The van der Waals surface area contributed by atoms with Crippen LogP contribution in [-0.2, 0) is 0 Å². The van der Waals surface area contributed by atoms with Gasteiger partial charge >= 0.3 is 0 Å². The molecule has 0 amide bonds. The van der Waals surface area contributed by atoms with Gasteiger partial charge in [0.2, 0.25) is 0 Å². The van der Waals surface area contributed by atoms with Crippen molar-refractivity contribution in [2.24, 2.45) is 0 Å². The number of hydrogen-bond donors (Lipinski definition) is 1. The number of nitrogens with one attached hydrogen (secondary N) is 1. The number of halogens is 1. The van der Waals surface area contributed by atoms with Gasteiger partial charge in [-0.25, -0.2) is 9.97 Å². The van der Waals surface area contributed by atoms with E-state index in [4.69, 9.17) is 0 Å². The second kappa shape index (κ2) is 6.12. The lowest BCUT2D eigenvalue weighted by atomic mass is 10.1. The molecule has 3 nitrogen and oxygen atoms in total. The summed E-state index contributed by atoms with van der Waals surface area (Å²) in [5.74, 6) is 0.838. The van der Waals surface area contributed by atoms with E-state index in [1.165, 1.54) is 0 Å². The summed E-state index contributed by atoms with van der Waals surface area (Å²) in [4.78, 5) is 8.57. The highest BCUT2D eigenvalue weighted by molar-refractivity contribution is 9.11. The van der Waals surface area contributed by atoms with Crippen LogP contribution in [-0.4, -0.2) is 16.0 Å². The highest BCUT2D eigenvalue weighted by Crippen LogP contribution is 2.32. The average Bonchev–Trinajstić information content (AvgIpc) is 2.77. The summed E-state index contributed by atoms with van der Waals surface area (Å²) in [5.41, 5.74) is 2.01. The van der Waals surface area contributed by atoms with Gasteiger partial charge in [-0.05, 0) is 34.5 Å². The third-order valence-corrected chi connectivity index (χ3v) is 4.31. The number of anilines is 1. The van der Waals surface area contributed by atoms with E-state index < -0.39 is 0 Å². The van der Waals surface area contributed by atoms with Crippen LogP contribution in [0.2, 0.25) is 0 Å². The number of rotatable bonds is 5. The van der Waals surface area contributed by atoms with Gasteiger partial charge in [0.25, 0.3) is 0 Å². The molecule has 0 bridgehead atoms. The maximum Gasteiger partial charge on any atom is 0.147 e. The minimum absolute atomic E-state index is 0.106. The normalized spacial score (nSPS) is 13.3. The van der Waals surface area contributed by atoms with E-state index in [1.54, 1.807) is 23.7 Å². The van der Waals surface area contributed by atoms with Crippen LogP contribution in [0.25, 0.3) is 10.2 Å². The largest absolute Gasteiger partial charge is 0.362 e. The first kappa shape index (κ1) is 14.0. The van der Waals surface area contributed by atoms with Gasteiger partial charge in [0.15, 0.2) is 0 Å². The minimum atomic E-state index is 0.106. The minimum Gasteiger partial charge on any atom is -0.362 e. The number of allylic oxidation sites excluding steroid dienone is 2. The third kappa shape index (κ3) is 3.11. The van der Waals surface area contributed by atoms with Crippen LogP contribution in [0, 0.1) is 0 Å². The maximum atomic E-state index is 4.32. The van der Waals surface area contributed by atoms with E-state index in [0.29, 0.717) is 0 Å². The van der Waals surface area contributed by atoms with Gasteiger partial charge in [-0.3, -0.25) is 0 Å². The zero-order chi connectivity index (χ0) is 13.8. The molecule has 98 valence electrons. The first-order valence-corrected chi connectivity index (χ1v) is 7.38. The molecule has 1 atom stereocenters. The van der Waals surface area contributed by atoms with Gasteiger partial charge in [0.1, 0.15) is 12.1 Å². The fourth-order valence-corrected chi connectivity index (χ4v) is 3.23. The first-order chi connectivity index (χ1) is 9.15. The predicted molar refractivity (Wildman–Crippen MR) is 86.7 cm³/mol. The van der Waals surface area contributed by atoms with Gasteiger partial charge in [0.05, 0.1) is 14.0 Å². The van der Waals surface area contributed by atoms with E-state index >= 15 is 0 Å². The van der Waals surface area contributed by atoms with Gasteiger partial charge in [-0.1, -0.05) is 31.4 Å². The topological polar surface area (TPSA) is 37.8 Å². The second-order valence-electron chi connectivity index (χ2n) is 3.96. The Kier molecular flexibility index (Phi) is 4.50. The zero-order valence-electron chi connectivity index (χ0n) is 10.6. The van der Waals surface area contributed by atoms with Crippen LogP contribution in [0.15, 0.2) is 53.1 Å². The molecule has 2 aromatic heterocycles. The summed E-state index contributed by atoms with van der Waals surface area (Å²) in [6, 6.07) is 2.10. The molecule has 2 rings (SSSR count). The molecular weight excluding hydrogens is 322 g/mol. The Bertz CT molecular complexity index is 645. The van der Waals surface area contributed by atoms with Crippen LogP contribution in [0.5, 0.6) is 0 Å². The summed E-state index contributed by atoms with van der Waals surface area (Å²) >= 11 is 5.09. The smallest absolute Gasteiger partial charge is 0.147 e. The van der Waals surface area contributed by atoms with E-state index in [1.807, 2.05) is 18.2 Å². The number of thiophene rings is 1. The number of aromatic nitrogens is 2. The molecule has 1 N–H and O–H groups in total. The number of fused-ring (bicyclic) bond motifs is 1. The lowest BCUT2D eigenvalue weighted by molar-refractivity contribution is 0.941. The Morgan fingerprint density at radius 2 is 2.26 bits per heavy atom. The molecular formula is C14H14BrN3S. The van der Waals surface area contributed by atoms with Crippen molar-refractivity contribution in [3.05, 3.63) is 53.1 Å². The molecule has 0 saturated heterocycles. The molecule has 0 aliphatic carbocycles. The average molecular weight is 336 g/mol. The summed E-state index contributed by atoms with van der Waals surface area (Å²) in [5, 5.41) is 3.39. The summed E-state index contributed by atoms with van der Waals surface area (Å²) in [6.45, 7) is 9.59. The fourth-order valence-electron chi connectivity index (χ4n) is 1.74. The first-order valence-electron chi connectivity index (χ1n) is 5.77. The molecule has 0 saturated carbocycles. The van der Waals surface area contributed by atoms with Crippen LogP contribution < -0.4 is 5.32 Å². The quantitative estimate of drug-likeness (QED) is 0.814. The van der Waals surface area contributed by atoms with Crippen molar-refractivity contribution in [3.8, 4) is 0 Å². The summed E-state index contributed by atoms with van der Waals surface area (Å²) < 4.78 is 2.09. The molecule has 2 heterocycles. The Hall–Kier alpha value is -1.46. The third-order valence-electron chi connectivity index (χ3n) is 2.68. The van der Waals surface area contributed by atoms with Crippen molar-refractivity contribution >= 4 is 43.3 Å². The van der Waals surface area contributed by atoms with Crippen molar-refractivity contribution in [1.29, 1.82) is 0 Å². The lowest BCUT2D eigenvalue weighted by Crippen LogP contribution is -2.17. The maximum absolute atomic E-state index is 4.32. The Labute approximate surface area is 124 Å².